The summed E-state index contributed by atoms with van der Waals surface area (Å²) in [6.45, 7) is 1.90. The summed E-state index contributed by atoms with van der Waals surface area (Å²) < 4.78 is 0. The van der Waals surface area contributed by atoms with E-state index in [0.717, 1.165) is 18.4 Å². The van der Waals surface area contributed by atoms with Crippen LogP contribution in [0.1, 0.15) is 24.8 Å². The number of likely N-dealkylation sites (tertiary alicyclic amines) is 1. The maximum Gasteiger partial charge on any atom is 0.317 e. The molecule has 1 saturated heterocycles. The van der Waals surface area contributed by atoms with E-state index in [1.165, 1.54) is 0 Å². The number of aliphatic hydroxyl groups is 1. The highest BCUT2D eigenvalue weighted by atomic mass is 16.3. The van der Waals surface area contributed by atoms with Crippen LogP contribution in [0.5, 0.6) is 0 Å². The molecule has 0 radical (unpaired) electrons. The molecular formula is C17H25N3O3. The molecule has 23 heavy (non-hydrogen) atoms. The van der Waals surface area contributed by atoms with Crippen molar-refractivity contribution in [2.45, 2.75) is 31.9 Å². The summed E-state index contributed by atoms with van der Waals surface area (Å²) in [5, 5.41) is 12.3. The van der Waals surface area contributed by atoms with Crippen LogP contribution in [-0.4, -0.2) is 59.6 Å². The predicted octanol–water partition coefficient (Wildman–Crippen LogP) is 1.20. The molecule has 0 unspecified atom stereocenters. The average Bonchev–Trinajstić information content (AvgIpc) is 2.55. The van der Waals surface area contributed by atoms with Crippen LogP contribution in [0.25, 0.3) is 0 Å². The van der Waals surface area contributed by atoms with Crippen molar-refractivity contribution >= 4 is 11.9 Å². The van der Waals surface area contributed by atoms with Crippen molar-refractivity contribution in [3.8, 4) is 0 Å². The Hall–Kier alpha value is -2.08. The zero-order valence-electron chi connectivity index (χ0n) is 13.6. The first kappa shape index (κ1) is 17.3. The Bertz CT molecular complexity index is 521. The van der Waals surface area contributed by atoms with Crippen molar-refractivity contribution in [2.75, 3.05) is 26.7 Å². The number of β-amino-alcohol motifs (C(OH)–C–C–N with tert-alkyl or cyclic N) is 1. The van der Waals surface area contributed by atoms with Gasteiger partial charge in [-0.05, 0) is 18.4 Å². The van der Waals surface area contributed by atoms with Gasteiger partial charge in [-0.1, -0.05) is 30.3 Å². The highest BCUT2D eigenvalue weighted by Crippen LogP contribution is 2.09. The second-order valence-corrected chi connectivity index (χ2v) is 5.96. The van der Waals surface area contributed by atoms with Crippen LogP contribution in [0.3, 0.4) is 0 Å². The smallest absolute Gasteiger partial charge is 0.317 e. The van der Waals surface area contributed by atoms with Gasteiger partial charge in [0.2, 0.25) is 5.91 Å². The third kappa shape index (κ3) is 5.56. The standard InChI is InChI=1S/C17H25N3O3/c1-19(12-14-6-3-2-4-7-14)16(22)9-10-18-17(23)20-11-5-8-15(21)13-20/h2-4,6-7,15,21H,5,8-13H2,1H3,(H,18,23)/t15-/m0/s1. The lowest BCUT2D eigenvalue weighted by atomic mass is 10.1. The Morgan fingerprint density at radius 1 is 1.35 bits per heavy atom. The van der Waals surface area contributed by atoms with Gasteiger partial charge in [0.25, 0.3) is 0 Å². The van der Waals surface area contributed by atoms with E-state index in [1.54, 1.807) is 16.8 Å². The zero-order chi connectivity index (χ0) is 16.7. The number of piperidine rings is 1. The highest BCUT2D eigenvalue weighted by Gasteiger charge is 2.21. The summed E-state index contributed by atoms with van der Waals surface area (Å²) in [6, 6.07) is 9.59. The molecule has 2 rings (SSSR count). The molecule has 6 heteroatoms. The third-order valence-electron chi connectivity index (χ3n) is 3.99. The van der Waals surface area contributed by atoms with Crippen LogP contribution < -0.4 is 5.32 Å². The van der Waals surface area contributed by atoms with E-state index < -0.39 is 6.10 Å². The molecule has 126 valence electrons. The minimum absolute atomic E-state index is 0.00664. The van der Waals surface area contributed by atoms with Gasteiger partial charge in [-0.25, -0.2) is 4.79 Å². The summed E-state index contributed by atoms with van der Waals surface area (Å²) in [5.41, 5.74) is 1.08. The van der Waals surface area contributed by atoms with Gasteiger partial charge in [-0.2, -0.15) is 0 Å². The van der Waals surface area contributed by atoms with Gasteiger partial charge in [-0.15, -0.1) is 0 Å². The minimum atomic E-state index is -0.437. The second kappa shape index (κ2) is 8.53. The summed E-state index contributed by atoms with van der Waals surface area (Å²) in [5.74, 6) is -0.00664. The number of nitrogens with zero attached hydrogens (tertiary/aromatic N) is 2. The third-order valence-corrected chi connectivity index (χ3v) is 3.99. The molecule has 0 spiro atoms. The number of amides is 3. The Labute approximate surface area is 137 Å². The van der Waals surface area contributed by atoms with Crippen molar-refractivity contribution in [3.63, 3.8) is 0 Å². The largest absolute Gasteiger partial charge is 0.391 e. The first-order chi connectivity index (χ1) is 11.1. The van der Waals surface area contributed by atoms with Crippen LogP contribution in [0.4, 0.5) is 4.79 Å². The van der Waals surface area contributed by atoms with Crippen LogP contribution >= 0.6 is 0 Å². The molecule has 1 aliphatic rings. The molecular weight excluding hydrogens is 294 g/mol. The highest BCUT2D eigenvalue weighted by molar-refractivity contribution is 5.78. The van der Waals surface area contributed by atoms with E-state index in [-0.39, 0.29) is 18.4 Å². The predicted molar refractivity (Wildman–Crippen MR) is 87.7 cm³/mol. The van der Waals surface area contributed by atoms with E-state index in [1.807, 2.05) is 30.3 Å². The number of aliphatic hydroxyl groups excluding tert-OH is 1. The SMILES string of the molecule is CN(Cc1ccccc1)C(=O)CCNC(=O)N1CCC[C@H](O)C1. The van der Waals surface area contributed by atoms with Crippen molar-refractivity contribution in [2.24, 2.45) is 0 Å². The molecule has 0 saturated carbocycles. The van der Waals surface area contributed by atoms with Crippen LogP contribution in [-0.2, 0) is 11.3 Å². The van der Waals surface area contributed by atoms with Crippen molar-refractivity contribution < 1.29 is 14.7 Å². The quantitative estimate of drug-likeness (QED) is 0.856. The fourth-order valence-corrected chi connectivity index (χ4v) is 2.66. The molecule has 3 amide bonds. The molecule has 0 bridgehead atoms. The number of nitrogens with one attached hydrogen (secondary N) is 1. The Morgan fingerprint density at radius 2 is 2.09 bits per heavy atom. The molecule has 0 aliphatic carbocycles. The molecule has 1 fully saturated rings. The van der Waals surface area contributed by atoms with E-state index >= 15 is 0 Å². The lowest BCUT2D eigenvalue weighted by Crippen LogP contribution is -2.47. The number of rotatable bonds is 5. The zero-order valence-corrected chi connectivity index (χ0v) is 13.6. The van der Waals surface area contributed by atoms with Gasteiger partial charge in [-0.3, -0.25) is 4.79 Å². The maximum atomic E-state index is 12.1. The summed E-state index contributed by atoms with van der Waals surface area (Å²) in [6.07, 6.45) is 1.39. The topological polar surface area (TPSA) is 72.9 Å². The van der Waals surface area contributed by atoms with Crippen LogP contribution in [0.15, 0.2) is 30.3 Å². The summed E-state index contributed by atoms with van der Waals surface area (Å²) >= 11 is 0. The monoisotopic (exact) mass is 319 g/mol. The number of hydrogen-bond donors (Lipinski definition) is 2. The number of carbonyl (C=O) groups is 2. The van der Waals surface area contributed by atoms with Gasteiger partial charge in [0.1, 0.15) is 0 Å². The van der Waals surface area contributed by atoms with Gasteiger partial charge >= 0.3 is 6.03 Å². The van der Waals surface area contributed by atoms with E-state index in [4.69, 9.17) is 0 Å². The van der Waals surface area contributed by atoms with Gasteiger partial charge in [0.15, 0.2) is 0 Å². The first-order valence-electron chi connectivity index (χ1n) is 8.05. The van der Waals surface area contributed by atoms with E-state index in [9.17, 15) is 14.7 Å². The van der Waals surface area contributed by atoms with Gasteiger partial charge in [0.05, 0.1) is 6.10 Å². The normalized spacial score (nSPS) is 17.7. The lowest BCUT2D eigenvalue weighted by molar-refractivity contribution is -0.130. The summed E-state index contributed by atoms with van der Waals surface area (Å²) in [7, 11) is 1.76. The maximum absolute atomic E-state index is 12.1. The first-order valence-corrected chi connectivity index (χ1v) is 8.05. The van der Waals surface area contributed by atoms with E-state index in [0.29, 0.717) is 26.2 Å². The molecule has 0 aromatic heterocycles. The van der Waals surface area contributed by atoms with Gasteiger partial charge < -0.3 is 20.2 Å². The van der Waals surface area contributed by atoms with Crippen molar-refractivity contribution in [1.29, 1.82) is 0 Å². The Balaban J connectivity index is 1.68. The van der Waals surface area contributed by atoms with Crippen molar-refractivity contribution in [1.82, 2.24) is 15.1 Å². The van der Waals surface area contributed by atoms with E-state index in [2.05, 4.69) is 5.32 Å². The molecule has 1 aromatic carbocycles. The minimum Gasteiger partial charge on any atom is -0.391 e. The van der Waals surface area contributed by atoms with Crippen molar-refractivity contribution in [3.05, 3.63) is 35.9 Å². The number of urea groups is 1. The van der Waals surface area contributed by atoms with Crippen LogP contribution in [0, 0.1) is 0 Å². The molecule has 2 N–H and O–H groups in total. The van der Waals surface area contributed by atoms with Crippen LogP contribution in [0.2, 0.25) is 0 Å². The Kier molecular flexibility index (Phi) is 6.40. The molecule has 1 aromatic rings. The number of hydrogen-bond acceptors (Lipinski definition) is 3. The fourth-order valence-electron chi connectivity index (χ4n) is 2.66. The second-order valence-electron chi connectivity index (χ2n) is 5.96. The molecule has 1 heterocycles. The Morgan fingerprint density at radius 3 is 2.78 bits per heavy atom. The number of carbonyl (C=O) groups excluding carboxylic acids is 2. The number of benzene rings is 1. The molecule has 6 nitrogen and oxygen atoms in total. The molecule has 1 atom stereocenters. The molecule has 1 aliphatic heterocycles. The fraction of sp³-hybridized carbons (Fsp3) is 0.529. The average molecular weight is 319 g/mol. The lowest BCUT2D eigenvalue weighted by Gasteiger charge is -2.30. The van der Waals surface area contributed by atoms with Gasteiger partial charge in [0, 0.05) is 39.6 Å². The summed E-state index contributed by atoms with van der Waals surface area (Å²) in [4.78, 5) is 27.3.